The number of nitrogens with zero attached hydrogens (tertiary/aromatic N) is 3. The van der Waals surface area contributed by atoms with Crippen molar-refractivity contribution in [2.45, 2.75) is 6.10 Å². The van der Waals surface area contributed by atoms with Gasteiger partial charge in [-0.15, -0.1) is 0 Å². The maximum Gasteiger partial charge on any atom is 0.250 e. The molecule has 2 heterocycles. The van der Waals surface area contributed by atoms with E-state index in [0.717, 1.165) is 6.20 Å². The maximum atomic E-state index is 13.5. The van der Waals surface area contributed by atoms with Crippen molar-refractivity contribution in [3.63, 3.8) is 0 Å². The van der Waals surface area contributed by atoms with Crippen LogP contribution in [0.25, 0.3) is 0 Å². The lowest BCUT2D eigenvalue weighted by Gasteiger charge is -2.32. The van der Waals surface area contributed by atoms with Gasteiger partial charge in [-0.25, -0.2) is 14.4 Å². The second-order valence-corrected chi connectivity index (χ2v) is 3.61. The van der Waals surface area contributed by atoms with Gasteiger partial charge in [-0.05, 0) is 0 Å². The highest BCUT2D eigenvalue weighted by molar-refractivity contribution is 5.81. The number of carbonyl (C=O) groups excluding carboxylic acids is 1. The topological polar surface area (TPSA) is 67.4 Å². The van der Waals surface area contributed by atoms with E-state index in [1.165, 1.54) is 13.4 Å². The van der Waals surface area contributed by atoms with Crippen molar-refractivity contribution in [1.82, 2.24) is 15.3 Å². The SMILES string of the molecule is CNC(=O)C1CN(c2ncncc2F)CCO1. The van der Waals surface area contributed by atoms with Gasteiger partial charge in [0.15, 0.2) is 17.7 Å². The zero-order valence-electron chi connectivity index (χ0n) is 9.39. The first-order valence-corrected chi connectivity index (χ1v) is 5.26. The van der Waals surface area contributed by atoms with Gasteiger partial charge in [0.1, 0.15) is 6.33 Å². The Balaban J connectivity index is 2.12. The van der Waals surface area contributed by atoms with E-state index in [0.29, 0.717) is 13.2 Å². The molecule has 2 rings (SSSR count). The quantitative estimate of drug-likeness (QED) is 0.759. The van der Waals surface area contributed by atoms with Crippen molar-refractivity contribution in [2.24, 2.45) is 0 Å². The fourth-order valence-electron chi connectivity index (χ4n) is 1.70. The number of nitrogens with one attached hydrogen (secondary N) is 1. The van der Waals surface area contributed by atoms with Gasteiger partial charge in [0.2, 0.25) is 0 Å². The first-order valence-electron chi connectivity index (χ1n) is 5.26. The second-order valence-electron chi connectivity index (χ2n) is 3.61. The number of rotatable bonds is 2. The van der Waals surface area contributed by atoms with Crippen molar-refractivity contribution in [3.8, 4) is 0 Å². The van der Waals surface area contributed by atoms with Crippen molar-refractivity contribution in [1.29, 1.82) is 0 Å². The number of hydrogen-bond acceptors (Lipinski definition) is 5. The lowest BCUT2D eigenvalue weighted by molar-refractivity contribution is -0.132. The van der Waals surface area contributed by atoms with Crippen LogP contribution >= 0.6 is 0 Å². The number of aromatic nitrogens is 2. The van der Waals surface area contributed by atoms with Crippen LogP contribution < -0.4 is 10.2 Å². The molecule has 0 aromatic carbocycles. The summed E-state index contributed by atoms with van der Waals surface area (Å²) in [6, 6.07) is 0. The summed E-state index contributed by atoms with van der Waals surface area (Å²) in [5.41, 5.74) is 0. The van der Waals surface area contributed by atoms with Gasteiger partial charge in [0, 0.05) is 13.6 Å². The van der Waals surface area contributed by atoms with Crippen LogP contribution in [-0.2, 0) is 9.53 Å². The molecule has 1 aromatic rings. The molecule has 1 amide bonds. The van der Waals surface area contributed by atoms with E-state index in [-0.39, 0.29) is 18.3 Å². The molecule has 1 N–H and O–H groups in total. The Morgan fingerprint density at radius 2 is 2.53 bits per heavy atom. The van der Waals surface area contributed by atoms with Crippen molar-refractivity contribution in [3.05, 3.63) is 18.3 Å². The number of anilines is 1. The monoisotopic (exact) mass is 240 g/mol. The molecule has 17 heavy (non-hydrogen) atoms. The highest BCUT2D eigenvalue weighted by Gasteiger charge is 2.27. The number of carbonyl (C=O) groups is 1. The van der Waals surface area contributed by atoms with E-state index in [1.54, 1.807) is 4.90 Å². The van der Waals surface area contributed by atoms with E-state index in [9.17, 15) is 9.18 Å². The molecule has 0 saturated carbocycles. The van der Waals surface area contributed by atoms with Gasteiger partial charge >= 0.3 is 0 Å². The Bertz CT molecular complexity index is 415. The summed E-state index contributed by atoms with van der Waals surface area (Å²) in [4.78, 5) is 20.6. The van der Waals surface area contributed by atoms with Crippen molar-refractivity contribution >= 4 is 11.7 Å². The number of hydrogen-bond donors (Lipinski definition) is 1. The number of halogens is 1. The summed E-state index contributed by atoms with van der Waals surface area (Å²) < 4.78 is 18.8. The molecule has 6 nitrogen and oxygen atoms in total. The van der Waals surface area contributed by atoms with Crippen molar-refractivity contribution in [2.75, 3.05) is 31.6 Å². The van der Waals surface area contributed by atoms with E-state index in [1.807, 2.05) is 0 Å². The Morgan fingerprint density at radius 1 is 1.71 bits per heavy atom. The molecule has 7 heteroatoms. The molecule has 0 spiro atoms. The predicted octanol–water partition coefficient (Wildman–Crippen LogP) is -0.433. The number of ether oxygens (including phenoxy) is 1. The van der Waals surface area contributed by atoms with Gasteiger partial charge < -0.3 is 15.0 Å². The molecule has 1 atom stereocenters. The van der Waals surface area contributed by atoms with E-state index in [4.69, 9.17) is 4.74 Å². The molecule has 1 fully saturated rings. The third-order valence-corrected chi connectivity index (χ3v) is 2.55. The predicted molar refractivity (Wildman–Crippen MR) is 58.0 cm³/mol. The summed E-state index contributed by atoms with van der Waals surface area (Å²) in [7, 11) is 1.54. The van der Waals surface area contributed by atoms with E-state index >= 15 is 0 Å². The zero-order chi connectivity index (χ0) is 12.3. The first-order chi connectivity index (χ1) is 8.22. The fourth-order valence-corrected chi connectivity index (χ4v) is 1.70. The minimum Gasteiger partial charge on any atom is -0.365 e. The van der Waals surface area contributed by atoms with Crippen LogP contribution in [0.1, 0.15) is 0 Å². The van der Waals surface area contributed by atoms with E-state index < -0.39 is 11.9 Å². The minimum atomic E-state index is -0.594. The first kappa shape index (κ1) is 11.7. The average molecular weight is 240 g/mol. The third-order valence-electron chi connectivity index (χ3n) is 2.55. The molecule has 1 aromatic heterocycles. The molecule has 1 aliphatic heterocycles. The number of morpholine rings is 1. The third kappa shape index (κ3) is 2.50. The van der Waals surface area contributed by atoms with Gasteiger partial charge in [0.05, 0.1) is 19.3 Å². The zero-order valence-corrected chi connectivity index (χ0v) is 9.39. The van der Waals surface area contributed by atoms with Crippen LogP contribution in [0.4, 0.5) is 10.2 Å². The van der Waals surface area contributed by atoms with E-state index in [2.05, 4.69) is 15.3 Å². The molecule has 0 radical (unpaired) electrons. The molecule has 1 saturated heterocycles. The van der Waals surface area contributed by atoms with Crippen LogP contribution in [0.3, 0.4) is 0 Å². The molecule has 0 aliphatic carbocycles. The minimum absolute atomic E-state index is 0.206. The molecule has 0 bridgehead atoms. The van der Waals surface area contributed by atoms with Crippen LogP contribution in [0, 0.1) is 5.82 Å². The summed E-state index contributed by atoms with van der Waals surface area (Å²) in [5, 5.41) is 2.50. The summed E-state index contributed by atoms with van der Waals surface area (Å²) in [5.74, 6) is -0.508. The Kier molecular flexibility index (Phi) is 3.48. The molecule has 92 valence electrons. The normalized spacial score (nSPS) is 20.1. The summed E-state index contributed by atoms with van der Waals surface area (Å²) in [6.07, 6.45) is 1.79. The summed E-state index contributed by atoms with van der Waals surface area (Å²) in [6.45, 7) is 1.15. The van der Waals surface area contributed by atoms with Gasteiger partial charge in [-0.2, -0.15) is 0 Å². The lowest BCUT2D eigenvalue weighted by Crippen LogP contribution is -2.49. The molecule has 1 aliphatic rings. The summed E-state index contributed by atoms with van der Waals surface area (Å²) >= 11 is 0. The van der Waals surface area contributed by atoms with Gasteiger partial charge in [0.25, 0.3) is 5.91 Å². The maximum absolute atomic E-state index is 13.5. The molecule has 1 unspecified atom stereocenters. The Morgan fingerprint density at radius 3 is 3.24 bits per heavy atom. The standard InChI is InChI=1S/C10H13FN4O2/c1-12-10(16)8-5-15(2-3-17-8)9-7(11)4-13-6-14-9/h4,6,8H,2-3,5H2,1H3,(H,12,16). The van der Waals surface area contributed by atoms with Crippen molar-refractivity contribution < 1.29 is 13.9 Å². The highest BCUT2D eigenvalue weighted by Crippen LogP contribution is 2.17. The molecular formula is C10H13FN4O2. The second kappa shape index (κ2) is 5.05. The molecular weight excluding hydrogens is 227 g/mol. The van der Waals surface area contributed by atoms with Crippen LogP contribution in [0.2, 0.25) is 0 Å². The van der Waals surface area contributed by atoms with Crippen LogP contribution in [0.5, 0.6) is 0 Å². The average Bonchev–Trinajstić information content (AvgIpc) is 2.38. The Hall–Kier alpha value is -1.76. The number of amides is 1. The van der Waals surface area contributed by atoms with Gasteiger partial charge in [-0.3, -0.25) is 4.79 Å². The van der Waals surface area contributed by atoms with Gasteiger partial charge in [-0.1, -0.05) is 0 Å². The van der Waals surface area contributed by atoms with Crippen LogP contribution in [0.15, 0.2) is 12.5 Å². The highest BCUT2D eigenvalue weighted by atomic mass is 19.1. The smallest absolute Gasteiger partial charge is 0.250 e. The largest absolute Gasteiger partial charge is 0.365 e. The fraction of sp³-hybridized carbons (Fsp3) is 0.500. The Labute approximate surface area is 97.8 Å². The lowest BCUT2D eigenvalue weighted by atomic mass is 10.2. The van der Waals surface area contributed by atoms with Crippen LogP contribution in [-0.4, -0.2) is 48.7 Å². The number of likely N-dealkylation sites (N-methyl/N-ethyl adjacent to an activating group) is 1.